The summed E-state index contributed by atoms with van der Waals surface area (Å²) in [6.45, 7) is 10.9. The molecule has 14 heavy (non-hydrogen) atoms. The van der Waals surface area contributed by atoms with E-state index in [-0.39, 0.29) is 11.2 Å². The molecule has 2 nitrogen and oxygen atoms in total. The summed E-state index contributed by atoms with van der Waals surface area (Å²) < 4.78 is 5.72. The van der Waals surface area contributed by atoms with Crippen LogP contribution in [-0.4, -0.2) is 12.4 Å². The lowest BCUT2D eigenvalue weighted by atomic mass is 9.91. The van der Waals surface area contributed by atoms with Crippen LogP contribution in [0.4, 0.5) is 0 Å². The molecule has 0 spiro atoms. The minimum atomic E-state index is -0.101. The molecule has 1 aliphatic rings. The molecule has 0 aromatic rings. The molecule has 0 atom stereocenters. The van der Waals surface area contributed by atoms with Crippen LogP contribution in [0.5, 0.6) is 0 Å². The van der Waals surface area contributed by atoms with Crippen molar-refractivity contribution in [2.75, 3.05) is 6.61 Å². The van der Waals surface area contributed by atoms with E-state index in [9.17, 15) is 4.79 Å². The van der Waals surface area contributed by atoms with Gasteiger partial charge in [0.05, 0.1) is 6.61 Å². The van der Waals surface area contributed by atoms with Gasteiger partial charge in [0.25, 0.3) is 0 Å². The number of Topliss-reactive ketones (excluding diaryl/α,β-unsaturated/α-hetero) is 1. The van der Waals surface area contributed by atoms with Gasteiger partial charge in [0, 0.05) is 17.4 Å². The Hall–Kier alpha value is -0.790. The van der Waals surface area contributed by atoms with Gasteiger partial charge in [-0.2, -0.15) is 0 Å². The Morgan fingerprint density at radius 2 is 2.00 bits per heavy atom. The normalized spacial score (nSPS) is 20.9. The lowest BCUT2D eigenvalue weighted by Crippen LogP contribution is -2.15. The summed E-state index contributed by atoms with van der Waals surface area (Å²) in [5.41, 5.74) is 0.714. The summed E-state index contributed by atoms with van der Waals surface area (Å²) in [6.07, 6.45) is 0.590. The highest BCUT2D eigenvalue weighted by Gasteiger charge is 2.38. The van der Waals surface area contributed by atoms with Crippen molar-refractivity contribution in [1.29, 1.82) is 0 Å². The highest BCUT2D eigenvalue weighted by molar-refractivity contribution is 5.98. The number of hydrogen-bond donors (Lipinski definition) is 0. The van der Waals surface area contributed by atoms with Gasteiger partial charge in [0.2, 0.25) is 0 Å². The van der Waals surface area contributed by atoms with E-state index in [2.05, 4.69) is 27.7 Å². The van der Waals surface area contributed by atoms with E-state index >= 15 is 0 Å². The molecular formula is C12H20O2. The lowest BCUT2D eigenvalue weighted by molar-refractivity contribution is -0.115. The van der Waals surface area contributed by atoms with Crippen molar-refractivity contribution < 1.29 is 9.53 Å². The molecule has 0 radical (unpaired) electrons. The second-order valence-electron chi connectivity index (χ2n) is 5.14. The minimum absolute atomic E-state index is 0.101. The first-order valence-electron chi connectivity index (χ1n) is 5.22. The van der Waals surface area contributed by atoms with Crippen molar-refractivity contribution in [3.63, 3.8) is 0 Å². The smallest absolute Gasteiger partial charge is 0.162 e. The Bertz CT molecular complexity index is 272. The van der Waals surface area contributed by atoms with E-state index in [1.807, 2.05) is 6.92 Å². The van der Waals surface area contributed by atoms with Crippen molar-refractivity contribution >= 4 is 5.78 Å². The Morgan fingerprint density at radius 1 is 1.43 bits per heavy atom. The van der Waals surface area contributed by atoms with Crippen LogP contribution < -0.4 is 0 Å². The average Bonchev–Trinajstić information content (AvgIpc) is 2.19. The third-order valence-corrected chi connectivity index (χ3v) is 2.54. The van der Waals surface area contributed by atoms with Crippen LogP contribution in [0, 0.1) is 11.3 Å². The first-order valence-corrected chi connectivity index (χ1v) is 5.22. The minimum Gasteiger partial charge on any atom is -0.497 e. The summed E-state index contributed by atoms with van der Waals surface area (Å²) in [5.74, 6) is 1.63. The molecule has 0 saturated carbocycles. The quantitative estimate of drug-likeness (QED) is 0.693. The molecule has 0 N–H and O–H groups in total. The van der Waals surface area contributed by atoms with E-state index in [0.717, 1.165) is 11.3 Å². The van der Waals surface area contributed by atoms with Crippen LogP contribution in [0.15, 0.2) is 11.3 Å². The molecule has 0 unspecified atom stereocenters. The second-order valence-corrected chi connectivity index (χ2v) is 5.14. The molecule has 0 fully saturated rings. The zero-order valence-electron chi connectivity index (χ0n) is 9.81. The summed E-state index contributed by atoms with van der Waals surface area (Å²) in [6, 6.07) is 0. The predicted molar refractivity (Wildman–Crippen MR) is 56.9 cm³/mol. The molecule has 1 rings (SSSR count). The SMILES string of the molecule is CC1=C(OCC(C)C)C(C)(C)CC1=O. The van der Waals surface area contributed by atoms with Crippen LogP contribution in [-0.2, 0) is 9.53 Å². The highest BCUT2D eigenvalue weighted by Crippen LogP contribution is 2.40. The van der Waals surface area contributed by atoms with Gasteiger partial charge >= 0.3 is 0 Å². The molecule has 0 saturated heterocycles. The van der Waals surface area contributed by atoms with Crippen molar-refractivity contribution in [2.45, 2.75) is 41.0 Å². The molecular weight excluding hydrogens is 176 g/mol. The lowest BCUT2D eigenvalue weighted by Gasteiger charge is -2.23. The van der Waals surface area contributed by atoms with Crippen LogP contribution in [0.3, 0.4) is 0 Å². The van der Waals surface area contributed by atoms with Gasteiger partial charge in [-0.1, -0.05) is 27.7 Å². The maximum absolute atomic E-state index is 11.5. The molecule has 0 aromatic heterocycles. The fourth-order valence-corrected chi connectivity index (χ4v) is 1.80. The van der Waals surface area contributed by atoms with Crippen molar-refractivity contribution in [1.82, 2.24) is 0 Å². The van der Waals surface area contributed by atoms with Crippen LogP contribution in [0.2, 0.25) is 0 Å². The van der Waals surface area contributed by atoms with Crippen molar-refractivity contribution in [3.05, 3.63) is 11.3 Å². The Morgan fingerprint density at radius 3 is 2.36 bits per heavy atom. The van der Waals surface area contributed by atoms with Crippen LogP contribution >= 0.6 is 0 Å². The predicted octanol–water partition coefficient (Wildman–Crippen LogP) is 2.93. The Kier molecular flexibility index (Phi) is 3.03. The van der Waals surface area contributed by atoms with Gasteiger partial charge in [0.15, 0.2) is 5.78 Å². The maximum atomic E-state index is 11.5. The van der Waals surface area contributed by atoms with Crippen LogP contribution in [0.1, 0.15) is 41.0 Å². The van der Waals surface area contributed by atoms with Gasteiger partial charge in [-0.25, -0.2) is 0 Å². The molecule has 80 valence electrons. The standard InChI is InChI=1S/C12H20O2/c1-8(2)7-14-11-9(3)10(13)6-12(11,4)5/h8H,6-7H2,1-5H3. The third kappa shape index (κ3) is 2.17. The van der Waals surface area contributed by atoms with Crippen LogP contribution in [0.25, 0.3) is 0 Å². The Labute approximate surface area is 86.3 Å². The average molecular weight is 196 g/mol. The van der Waals surface area contributed by atoms with Gasteiger partial charge < -0.3 is 4.74 Å². The number of rotatable bonds is 3. The van der Waals surface area contributed by atoms with E-state index in [1.54, 1.807) is 0 Å². The number of allylic oxidation sites excluding steroid dienone is 2. The topological polar surface area (TPSA) is 26.3 Å². The molecule has 1 aliphatic carbocycles. The summed E-state index contributed by atoms with van der Waals surface area (Å²) in [4.78, 5) is 11.5. The van der Waals surface area contributed by atoms with Crippen molar-refractivity contribution in [3.8, 4) is 0 Å². The van der Waals surface area contributed by atoms with E-state index in [1.165, 1.54) is 0 Å². The van der Waals surface area contributed by atoms with Gasteiger partial charge in [-0.15, -0.1) is 0 Å². The maximum Gasteiger partial charge on any atom is 0.162 e. The monoisotopic (exact) mass is 196 g/mol. The van der Waals surface area contributed by atoms with E-state index in [4.69, 9.17) is 4.74 Å². The molecule has 2 heteroatoms. The van der Waals surface area contributed by atoms with E-state index < -0.39 is 0 Å². The summed E-state index contributed by atoms with van der Waals surface area (Å²) in [5, 5.41) is 0. The summed E-state index contributed by atoms with van der Waals surface area (Å²) in [7, 11) is 0. The molecule has 0 amide bonds. The molecule has 0 aromatic carbocycles. The number of hydrogen-bond acceptors (Lipinski definition) is 2. The number of ketones is 1. The number of carbonyl (C=O) groups excluding carboxylic acids is 1. The number of carbonyl (C=O) groups is 1. The molecule has 0 aliphatic heterocycles. The summed E-state index contributed by atoms with van der Waals surface area (Å²) >= 11 is 0. The number of ether oxygens (including phenoxy) is 1. The second kappa shape index (κ2) is 3.76. The fourth-order valence-electron chi connectivity index (χ4n) is 1.80. The highest BCUT2D eigenvalue weighted by atomic mass is 16.5. The van der Waals surface area contributed by atoms with Crippen molar-refractivity contribution in [2.24, 2.45) is 11.3 Å². The first-order chi connectivity index (χ1) is 6.34. The van der Waals surface area contributed by atoms with Gasteiger partial charge in [-0.05, 0) is 12.8 Å². The molecule has 0 heterocycles. The molecule has 0 bridgehead atoms. The largest absolute Gasteiger partial charge is 0.497 e. The Balaban J connectivity index is 2.78. The zero-order valence-corrected chi connectivity index (χ0v) is 9.81. The third-order valence-electron chi connectivity index (χ3n) is 2.54. The van der Waals surface area contributed by atoms with Gasteiger partial charge in [-0.3, -0.25) is 4.79 Å². The van der Waals surface area contributed by atoms with Gasteiger partial charge in [0.1, 0.15) is 5.76 Å². The van der Waals surface area contributed by atoms with E-state index in [0.29, 0.717) is 18.9 Å². The zero-order chi connectivity index (χ0) is 10.9. The first kappa shape index (κ1) is 11.3. The fraction of sp³-hybridized carbons (Fsp3) is 0.750.